The van der Waals surface area contributed by atoms with Gasteiger partial charge in [0.15, 0.2) is 0 Å². The summed E-state index contributed by atoms with van der Waals surface area (Å²) in [5.74, 6) is 0. The molecule has 0 atom stereocenters. The highest BCUT2D eigenvalue weighted by molar-refractivity contribution is 6.11. The Morgan fingerprint density at radius 1 is 0.327 bits per heavy atom. The van der Waals surface area contributed by atoms with Crippen molar-refractivity contribution in [1.82, 2.24) is 0 Å². The van der Waals surface area contributed by atoms with Crippen molar-refractivity contribution in [1.29, 1.82) is 0 Å². The van der Waals surface area contributed by atoms with E-state index in [1.165, 1.54) is 11.1 Å². The topological polar surface area (TPSA) is 29.5 Å². The Bertz CT molecular complexity index is 2830. The van der Waals surface area contributed by atoms with E-state index in [9.17, 15) is 0 Å². The van der Waals surface area contributed by atoms with Gasteiger partial charge in [0.25, 0.3) is 0 Å². The zero-order valence-electron chi connectivity index (χ0n) is 26.5. The minimum atomic E-state index is 0.900. The first kappa shape index (κ1) is 27.5. The Hall–Kier alpha value is -6.58. The van der Waals surface area contributed by atoms with Crippen molar-refractivity contribution < 1.29 is 8.83 Å². The van der Waals surface area contributed by atoms with Crippen LogP contribution in [0.5, 0.6) is 0 Å². The minimum Gasteiger partial charge on any atom is -0.456 e. The third kappa shape index (κ3) is 4.59. The summed E-state index contributed by atoms with van der Waals surface area (Å²) in [6.07, 6.45) is 0. The summed E-state index contributed by atoms with van der Waals surface area (Å²) in [5.41, 5.74) is 11.4. The van der Waals surface area contributed by atoms with Crippen LogP contribution in [0.1, 0.15) is 0 Å². The van der Waals surface area contributed by atoms with Gasteiger partial charge in [-0.25, -0.2) is 0 Å². The number of nitrogens with zero attached hydrogens (tertiary/aromatic N) is 1. The Labute approximate surface area is 282 Å². The summed E-state index contributed by atoms with van der Waals surface area (Å²) in [6, 6.07) is 62.1. The number of para-hydroxylation sites is 3. The van der Waals surface area contributed by atoms with Crippen molar-refractivity contribution >= 4 is 71.7 Å². The summed E-state index contributed by atoms with van der Waals surface area (Å²) < 4.78 is 12.7. The van der Waals surface area contributed by atoms with Gasteiger partial charge in [0.1, 0.15) is 22.3 Å². The van der Waals surface area contributed by atoms with Gasteiger partial charge in [0, 0.05) is 44.2 Å². The number of furan rings is 2. The molecule has 0 aliphatic rings. The first-order valence-electron chi connectivity index (χ1n) is 16.6. The number of hydrogen-bond donors (Lipinski definition) is 0. The Morgan fingerprint density at radius 3 is 1.80 bits per heavy atom. The zero-order valence-corrected chi connectivity index (χ0v) is 26.5. The van der Waals surface area contributed by atoms with E-state index < -0.39 is 0 Å². The van der Waals surface area contributed by atoms with Gasteiger partial charge in [-0.3, -0.25) is 0 Å². The molecule has 0 spiro atoms. The van der Waals surface area contributed by atoms with Crippen molar-refractivity contribution in [3.63, 3.8) is 0 Å². The molecular formula is C46H29NO2. The lowest BCUT2D eigenvalue weighted by Gasteiger charge is -2.26. The van der Waals surface area contributed by atoms with E-state index in [0.717, 1.165) is 82.8 Å². The van der Waals surface area contributed by atoms with Gasteiger partial charge < -0.3 is 13.7 Å². The Balaban J connectivity index is 1.15. The quantitative estimate of drug-likeness (QED) is 0.190. The fraction of sp³-hybridized carbons (Fsp3) is 0. The normalized spacial score (nSPS) is 11.7. The monoisotopic (exact) mass is 627 g/mol. The fourth-order valence-electron chi connectivity index (χ4n) is 7.26. The molecule has 8 aromatic carbocycles. The van der Waals surface area contributed by atoms with Crippen LogP contribution in [0.15, 0.2) is 185 Å². The van der Waals surface area contributed by atoms with Crippen molar-refractivity contribution in [3.05, 3.63) is 176 Å². The van der Waals surface area contributed by atoms with Crippen LogP contribution in [0.4, 0.5) is 17.1 Å². The molecule has 230 valence electrons. The second-order valence-electron chi connectivity index (χ2n) is 12.6. The van der Waals surface area contributed by atoms with Gasteiger partial charge in [-0.15, -0.1) is 0 Å². The highest BCUT2D eigenvalue weighted by atomic mass is 16.3. The van der Waals surface area contributed by atoms with E-state index in [1.807, 2.05) is 24.3 Å². The minimum absolute atomic E-state index is 0.900. The molecule has 0 fully saturated rings. The van der Waals surface area contributed by atoms with Gasteiger partial charge >= 0.3 is 0 Å². The first-order valence-corrected chi connectivity index (χ1v) is 16.6. The van der Waals surface area contributed by atoms with Crippen LogP contribution in [0.2, 0.25) is 0 Å². The van der Waals surface area contributed by atoms with Gasteiger partial charge in [-0.1, -0.05) is 115 Å². The summed E-state index contributed by atoms with van der Waals surface area (Å²) in [6.45, 7) is 0. The van der Waals surface area contributed by atoms with Crippen LogP contribution in [-0.4, -0.2) is 0 Å². The Kier molecular flexibility index (Phi) is 6.18. The van der Waals surface area contributed by atoms with Crippen molar-refractivity contribution in [2.75, 3.05) is 4.90 Å². The fourth-order valence-corrected chi connectivity index (χ4v) is 7.26. The van der Waals surface area contributed by atoms with Crippen LogP contribution in [0.25, 0.3) is 76.9 Å². The molecule has 0 radical (unpaired) electrons. The maximum absolute atomic E-state index is 6.45. The zero-order chi connectivity index (χ0) is 32.3. The van der Waals surface area contributed by atoms with Crippen molar-refractivity contribution in [2.24, 2.45) is 0 Å². The third-order valence-corrected chi connectivity index (χ3v) is 9.63. The molecule has 10 aromatic rings. The SMILES string of the molecule is c1ccc(-c2ccc(N(c3cccc(-c4cccc5c4oc4ccccc45)c3)c3ccc4cc5oc6ccccc6c5cc4c3)cc2)cc1. The first-order chi connectivity index (χ1) is 24.3. The lowest BCUT2D eigenvalue weighted by molar-refractivity contribution is 0.669. The molecule has 0 aliphatic carbocycles. The maximum Gasteiger partial charge on any atom is 0.143 e. The van der Waals surface area contributed by atoms with Crippen LogP contribution in [-0.2, 0) is 0 Å². The molecular weight excluding hydrogens is 599 g/mol. The number of fused-ring (bicyclic) bond motifs is 7. The molecule has 0 saturated heterocycles. The van der Waals surface area contributed by atoms with Crippen molar-refractivity contribution in [3.8, 4) is 22.3 Å². The average Bonchev–Trinajstić information content (AvgIpc) is 3.73. The van der Waals surface area contributed by atoms with E-state index in [4.69, 9.17) is 8.83 Å². The van der Waals surface area contributed by atoms with Crippen LogP contribution >= 0.6 is 0 Å². The van der Waals surface area contributed by atoms with Gasteiger partial charge in [-0.2, -0.15) is 0 Å². The van der Waals surface area contributed by atoms with E-state index in [1.54, 1.807) is 0 Å². The number of rotatable bonds is 5. The molecule has 0 bridgehead atoms. The van der Waals surface area contributed by atoms with Gasteiger partial charge in [-0.05, 0) is 88.1 Å². The number of benzene rings is 8. The summed E-state index contributed by atoms with van der Waals surface area (Å²) in [4.78, 5) is 2.34. The molecule has 0 amide bonds. The molecule has 10 rings (SSSR count). The summed E-state index contributed by atoms with van der Waals surface area (Å²) in [7, 11) is 0. The van der Waals surface area contributed by atoms with E-state index >= 15 is 0 Å². The van der Waals surface area contributed by atoms with E-state index in [0.29, 0.717) is 0 Å². The molecule has 49 heavy (non-hydrogen) atoms. The maximum atomic E-state index is 6.45. The molecule has 0 aliphatic heterocycles. The molecule has 0 unspecified atom stereocenters. The molecule has 3 nitrogen and oxygen atoms in total. The lowest BCUT2D eigenvalue weighted by Crippen LogP contribution is -2.10. The average molecular weight is 628 g/mol. The molecule has 0 saturated carbocycles. The van der Waals surface area contributed by atoms with Crippen molar-refractivity contribution in [2.45, 2.75) is 0 Å². The van der Waals surface area contributed by atoms with Crippen LogP contribution < -0.4 is 4.90 Å². The number of hydrogen-bond acceptors (Lipinski definition) is 3. The third-order valence-electron chi connectivity index (χ3n) is 9.63. The highest BCUT2D eigenvalue weighted by Crippen LogP contribution is 2.42. The largest absolute Gasteiger partial charge is 0.456 e. The van der Waals surface area contributed by atoms with Gasteiger partial charge in [0.2, 0.25) is 0 Å². The smallest absolute Gasteiger partial charge is 0.143 e. The van der Waals surface area contributed by atoms with Crippen LogP contribution in [0.3, 0.4) is 0 Å². The lowest BCUT2D eigenvalue weighted by atomic mass is 10.0. The van der Waals surface area contributed by atoms with Gasteiger partial charge in [0.05, 0.1) is 0 Å². The molecule has 3 heteroatoms. The second kappa shape index (κ2) is 11.0. The van der Waals surface area contributed by atoms with E-state index in [2.05, 4.69) is 157 Å². The molecule has 0 N–H and O–H groups in total. The van der Waals surface area contributed by atoms with Crippen LogP contribution in [0, 0.1) is 0 Å². The summed E-state index contributed by atoms with van der Waals surface area (Å²) >= 11 is 0. The van der Waals surface area contributed by atoms with E-state index in [-0.39, 0.29) is 0 Å². The Morgan fingerprint density at radius 2 is 0.959 bits per heavy atom. The number of anilines is 3. The standard InChI is InChI=1S/C46H29NO2/c1-2-10-30(11-3-1)31-20-23-35(24-21-31)47(37-25-22-32-29-45-42(28-34(32)27-37)40-15-5-6-18-43(40)48-45)36-13-8-12-33(26-36)38-16-9-17-41-39-14-4-7-19-44(39)49-46(38)41/h1-29H. The molecule has 2 heterocycles. The molecule has 2 aromatic heterocycles. The summed E-state index contributed by atoms with van der Waals surface area (Å²) in [5, 5.41) is 6.81. The predicted molar refractivity (Wildman–Crippen MR) is 204 cm³/mol. The highest BCUT2D eigenvalue weighted by Gasteiger charge is 2.17. The second-order valence-corrected chi connectivity index (χ2v) is 12.6. The predicted octanol–water partition coefficient (Wildman–Crippen LogP) is 13.4.